The average Bonchev–Trinajstić information content (AvgIpc) is 2.74. The molecule has 0 atom stereocenters. The van der Waals surface area contributed by atoms with Crippen LogP contribution in [0.5, 0.6) is 5.75 Å². The summed E-state index contributed by atoms with van der Waals surface area (Å²) in [5.74, 6) is 0.697. The van der Waals surface area contributed by atoms with Crippen molar-refractivity contribution in [1.29, 1.82) is 0 Å². The molecular formula is C15H16ClNO2. The Bertz CT molecular complexity index is 593. The first kappa shape index (κ1) is 13.7. The lowest BCUT2D eigenvalue weighted by Gasteiger charge is -2.11. The van der Waals surface area contributed by atoms with Crippen LogP contribution in [0.3, 0.4) is 0 Å². The van der Waals surface area contributed by atoms with Crippen LogP contribution >= 0.6 is 11.6 Å². The molecule has 3 nitrogen and oxygen atoms in total. The molecule has 0 spiro atoms. The van der Waals surface area contributed by atoms with Crippen LogP contribution in [0.25, 0.3) is 0 Å². The first-order valence-corrected chi connectivity index (χ1v) is 6.40. The summed E-state index contributed by atoms with van der Waals surface area (Å²) >= 11 is 5.96. The Hall–Kier alpha value is -1.74. The van der Waals surface area contributed by atoms with Crippen molar-refractivity contribution in [3.63, 3.8) is 0 Å². The molecule has 0 saturated heterocycles. The molecule has 0 aliphatic carbocycles. The number of ether oxygens (including phenoxy) is 1. The second kappa shape index (κ2) is 5.49. The molecular weight excluding hydrogens is 262 g/mol. The lowest BCUT2D eigenvalue weighted by molar-refractivity contribution is 0.0920. The predicted molar refractivity (Wildman–Crippen MR) is 76.2 cm³/mol. The number of hydrogen-bond donors (Lipinski definition) is 0. The number of carbonyl (C=O) groups excluding carboxylic acids is 1. The fourth-order valence-electron chi connectivity index (χ4n) is 2.01. The summed E-state index contributed by atoms with van der Waals surface area (Å²) in [6, 6.07) is 5.45. The van der Waals surface area contributed by atoms with E-state index >= 15 is 0 Å². The van der Waals surface area contributed by atoms with Crippen LogP contribution in [0.1, 0.15) is 21.5 Å². The molecule has 4 heteroatoms. The molecule has 0 N–H and O–H groups in total. The summed E-state index contributed by atoms with van der Waals surface area (Å²) in [7, 11) is 1.88. The van der Waals surface area contributed by atoms with E-state index in [2.05, 4.69) is 0 Å². The monoisotopic (exact) mass is 277 g/mol. The van der Waals surface area contributed by atoms with E-state index in [9.17, 15) is 4.79 Å². The summed E-state index contributed by atoms with van der Waals surface area (Å²) in [5.41, 5.74) is 2.53. The Labute approximate surface area is 117 Å². The zero-order valence-electron chi connectivity index (χ0n) is 11.2. The maximum Gasteiger partial charge on any atom is 0.201 e. The number of nitrogens with zero attached hydrogens (tertiary/aromatic N) is 1. The van der Waals surface area contributed by atoms with Crippen molar-refractivity contribution in [1.82, 2.24) is 4.57 Å². The first-order chi connectivity index (χ1) is 8.97. The van der Waals surface area contributed by atoms with Crippen LogP contribution in [0.15, 0.2) is 30.6 Å². The van der Waals surface area contributed by atoms with Gasteiger partial charge in [0.25, 0.3) is 0 Å². The second-order valence-corrected chi connectivity index (χ2v) is 5.08. The minimum Gasteiger partial charge on any atom is -0.485 e. The SMILES string of the molecule is Cc1cc(Cl)cc(C)c1OCC(=O)c1ccn(C)c1. The Morgan fingerprint density at radius 3 is 2.47 bits per heavy atom. The summed E-state index contributed by atoms with van der Waals surface area (Å²) < 4.78 is 7.47. The van der Waals surface area contributed by atoms with E-state index in [1.807, 2.05) is 43.8 Å². The maximum absolute atomic E-state index is 12.0. The van der Waals surface area contributed by atoms with Gasteiger partial charge in [0.1, 0.15) is 5.75 Å². The number of ketones is 1. The number of Topliss-reactive ketones (excluding diaryl/α,β-unsaturated/α-hetero) is 1. The van der Waals surface area contributed by atoms with Gasteiger partial charge in [-0.15, -0.1) is 0 Å². The van der Waals surface area contributed by atoms with Crippen molar-refractivity contribution in [3.05, 3.63) is 52.3 Å². The van der Waals surface area contributed by atoms with E-state index in [0.29, 0.717) is 10.6 Å². The van der Waals surface area contributed by atoms with Gasteiger partial charge in [0.05, 0.1) is 0 Å². The number of hydrogen-bond acceptors (Lipinski definition) is 2. The molecule has 19 heavy (non-hydrogen) atoms. The fraction of sp³-hybridized carbons (Fsp3) is 0.267. The van der Waals surface area contributed by atoms with Crippen LogP contribution in [0, 0.1) is 13.8 Å². The summed E-state index contributed by atoms with van der Waals surface area (Å²) in [4.78, 5) is 12.0. The molecule has 0 bridgehead atoms. The Balaban J connectivity index is 2.09. The molecule has 0 aliphatic rings. The summed E-state index contributed by atoms with van der Waals surface area (Å²) in [6.45, 7) is 3.87. The van der Waals surface area contributed by atoms with Crippen molar-refractivity contribution < 1.29 is 9.53 Å². The Morgan fingerprint density at radius 2 is 1.95 bits per heavy atom. The van der Waals surface area contributed by atoms with E-state index in [0.717, 1.165) is 16.9 Å². The minimum absolute atomic E-state index is 0.0330. The normalized spacial score (nSPS) is 10.5. The summed E-state index contributed by atoms with van der Waals surface area (Å²) in [6.07, 6.45) is 3.62. The van der Waals surface area contributed by atoms with Gasteiger partial charge in [0.2, 0.25) is 5.78 Å². The highest BCUT2D eigenvalue weighted by atomic mass is 35.5. The van der Waals surface area contributed by atoms with Gasteiger partial charge in [-0.25, -0.2) is 0 Å². The van der Waals surface area contributed by atoms with Gasteiger partial charge in [0, 0.05) is 30.0 Å². The number of rotatable bonds is 4. The number of halogens is 1. The number of benzene rings is 1. The molecule has 2 rings (SSSR count). The van der Waals surface area contributed by atoms with Crippen LogP contribution in [0.2, 0.25) is 5.02 Å². The number of carbonyl (C=O) groups is 1. The van der Waals surface area contributed by atoms with E-state index in [-0.39, 0.29) is 12.4 Å². The highest BCUT2D eigenvalue weighted by molar-refractivity contribution is 6.30. The van der Waals surface area contributed by atoms with Gasteiger partial charge in [-0.1, -0.05) is 11.6 Å². The quantitative estimate of drug-likeness (QED) is 0.800. The van der Waals surface area contributed by atoms with Gasteiger partial charge in [0.15, 0.2) is 6.61 Å². The zero-order valence-corrected chi connectivity index (χ0v) is 12.0. The van der Waals surface area contributed by atoms with Gasteiger partial charge in [-0.3, -0.25) is 4.79 Å². The van der Waals surface area contributed by atoms with E-state index < -0.39 is 0 Å². The average molecular weight is 278 g/mol. The molecule has 0 aliphatic heterocycles. The van der Waals surface area contributed by atoms with Gasteiger partial charge < -0.3 is 9.30 Å². The van der Waals surface area contributed by atoms with Gasteiger partial charge in [-0.2, -0.15) is 0 Å². The lowest BCUT2D eigenvalue weighted by Crippen LogP contribution is -2.12. The van der Waals surface area contributed by atoms with E-state index in [4.69, 9.17) is 16.3 Å². The molecule has 100 valence electrons. The lowest BCUT2D eigenvalue weighted by atomic mass is 10.1. The molecule has 2 aromatic rings. The largest absolute Gasteiger partial charge is 0.485 e. The van der Waals surface area contributed by atoms with Crippen LogP contribution in [0.4, 0.5) is 0 Å². The highest BCUT2D eigenvalue weighted by Gasteiger charge is 2.11. The standard InChI is InChI=1S/C15H16ClNO2/c1-10-6-13(16)7-11(2)15(10)19-9-14(18)12-4-5-17(3)8-12/h4-8H,9H2,1-3H3. The molecule has 0 radical (unpaired) electrons. The fourth-order valence-corrected chi connectivity index (χ4v) is 2.34. The first-order valence-electron chi connectivity index (χ1n) is 6.02. The molecule has 1 aromatic heterocycles. The summed E-state index contributed by atoms with van der Waals surface area (Å²) in [5, 5.41) is 0.678. The number of aromatic nitrogens is 1. The minimum atomic E-state index is -0.0330. The molecule has 0 unspecified atom stereocenters. The third kappa shape index (κ3) is 3.18. The zero-order chi connectivity index (χ0) is 14.0. The van der Waals surface area contributed by atoms with E-state index in [1.165, 1.54) is 0 Å². The van der Waals surface area contributed by atoms with Crippen molar-refractivity contribution >= 4 is 17.4 Å². The predicted octanol–water partition coefficient (Wildman–Crippen LogP) is 3.56. The molecule has 0 saturated carbocycles. The second-order valence-electron chi connectivity index (χ2n) is 4.65. The van der Waals surface area contributed by atoms with Crippen molar-refractivity contribution in [3.8, 4) is 5.75 Å². The third-order valence-corrected chi connectivity index (χ3v) is 3.14. The Kier molecular flexibility index (Phi) is 3.96. The van der Waals surface area contributed by atoms with Crippen molar-refractivity contribution in [2.45, 2.75) is 13.8 Å². The number of aryl methyl sites for hydroxylation is 3. The molecule has 0 fully saturated rings. The highest BCUT2D eigenvalue weighted by Crippen LogP contribution is 2.27. The van der Waals surface area contributed by atoms with Gasteiger partial charge in [-0.05, 0) is 43.2 Å². The maximum atomic E-state index is 12.0. The van der Waals surface area contributed by atoms with Crippen molar-refractivity contribution in [2.24, 2.45) is 7.05 Å². The third-order valence-electron chi connectivity index (χ3n) is 2.93. The topological polar surface area (TPSA) is 31.2 Å². The van der Waals surface area contributed by atoms with Gasteiger partial charge >= 0.3 is 0 Å². The van der Waals surface area contributed by atoms with E-state index in [1.54, 1.807) is 12.3 Å². The molecule has 1 heterocycles. The van der Waals surface area contributed by atoms with Crippen LogP contribution in [-0.4, -0.2) is 17.0 Å². The van der Waals surface area contributed by atoms with Crippen LogP contribution < -0.4 is 4.74 Å². The van der Waals surface area contributed by atoms with Crippen LogP contribution in [-0.2, 0) is 7.05 Å². The molecule has 0 amide bonds. The Morgan fingerprint density at radius 1 is 1.32 bits per heavy atom. The smallest absolute Gasteiger partial charge is 0.201 e. The molecule has 1 aromatic carbocycles. The van der Waals surface area contributed by atoms with Crippen molar-refractivity contribution in [2.75, 3.05) is 6.61 Å².